The molecule has 0 aliphatic carbocycles. The van der Waals surface area contributed by atoms with E-state index in [4.69, 9.17) is 11.6 Å². The monoisotopic (exact) mass is 464 g/mol. The van der Waals surface area contributed by atoms with Gasteiger partial charge in [0, 0.05) is 9.79 Å². The second-order valence-corrected chi connectivity index (χ2v) is 9.76. The van der Waals surface area contributed by atoms with Gasteiger partial charge in [0.2, 0.25) is 15.9 Å². The number of carbonyl (C=O) groups is 1. The van der Waals surface area contributed by atoms with Crippen LogP contribution in [0.5, 0.6) is 0 Å². The van der Waals surface area contributed by atoms with Gasteiger partial charge in [-0.25, -0.2) is 12.8 Å². The number of hydrogen-bond donors (Lipinski definition) is 1. The third-order valence-electron chi connectivity index (χ3n) is 4.01. The Morgan fingerprint density at radius 2 is 1.73 bits per heavy atom. The highest BCUT2D eigenvalue weighted by Crippen LogP contribution is 2.33. The normalized spacial score (nSPS) is 11.2. The molecule has 156 valence electrons. The fraction of sp³-hybridized carbons (Fsp3) is 0.0952. The van der Waals surface area contributed by atoms with Gasteiger partial charge < -0.3 is 5.32 Å². The minimum Gasteiger partial charge on any atom is -0.323 e. The average molecular weight is 465 g/mol. The summed E-state index contributed by atoms with van der Waals surface area (Å²) in [4.78, 5) is 14.5. The Morgan fingerprint density at radius 3 is 2.40 bits per heavy atom. The summed E-state index contributed by atoms with van der Waals surface area (Å²) in [6.07, 6.45) is 0.969. The average Bonchev–Trinajstić information content (AvgIpc) is 2.70. The number of benzene rings is 3. The summed E-state index contributed by atoms with van der Waals surface area (Å²) in [5, 5.41) is 2.53. The Morgan fingerprint density at radius 1 is 1.07 bits per heavy atom. The van der Waals surface area contributed by atoms with Crippen molar-refractivity contribution in [1.82, 2.24) is 0 Å². The Hall–Kier alpha value is -2.55. The summed E-state index contributed by atoms with van der Waals surface area (Å²) in [6, 6.07) is 20.4. The van der Waals surface area contributed by atoms with Gasteiger partial charge in [0.1, 0.15) is 12.4 Å². The van der Waals surface area contributed by atoms with Gasteiger partial charge in [-0.3, -0.25) is 9.10 Å². The number of carbonyl (C=O) groups excluding carboxylic acids is 1. The molecule has 0 saturated heterocycles. The lowest BCUT2D eigenvalue weighted by Crippen LogP contribution is -2.37. The van der Waals surface area contributed by atoms with Crippen LogP contribution in [0.1, 0.15) is 0 Å². The van der Waals surface area contributed by atoms with Crippen LogP contribution in [0, 0.1) is 5.82 Å². The first-order valence-corrected chi connectivity index (χ1v) is 11.8. The van der Waals surface area contributed by atoms with Gasteiger partial charge in [-0.15, -0.1) is 0 Å². The van der Waals surface area contributed by atoms with Crippen LogP contribution in [0.2, 0.25) is 5.02 Å². The lowest BCUT2D eigenvalue weighted by molar-refractivity contribution is -0.114. The Balaban J connectivity index is 1.80. The van der Waals surface area contributed by atoms with E-state index in [9.17, 15) is 17.6 Å². The molecule has 0 aliphatic rings. The molecule has 5 nitrogen and oxygen atoms in total. The van der Waals surface area contributed by atoms with Crippen molar-refractivity contribution in [3.63, 3.8) is 0 Å². The maximum absolute atomic E-state index is 13.5. The molecule has 30 heavy (non-hydrogen) atoms. The minimum atomic E-state index is -3.81. The number of sulfonamides is 1. The van der Waals surface area contributed by atoms with Gasteiger partial charge in [-0.05, 0) is 42.5 Å². The molecule has 0 bridgehead atoms. The Bertz CT molecular complexity index is 1160. The Kier molecular flexibility index (Phi) is 7.02. The highest BCUT2D eigenvalue weighted by atomic mass is 35.5. The maximum atomic E-state index is 13.5. The molecule has 3 aromatic carbocycles. The van der Waals surface area contributed by atoms with Crippen molar-refractivity contribution in [3.8, 4) is 0 Å². The van der Waals surface area contributed by atoms with E-state index in [0.717, 1.165) is 26.4 Å². The fourth-order valence-electron chi connectivity index (χ4n) is 2.63. The molecule has 0 atom stereocenters. The molecule has 9 heteroatoms. The quantitative estimate of drug-likeness (QED) is 0.532. The van der Waals surface area contributed by atoms with E-state index < -0.39 is 28.3 Å². The summed E-state index contributed by atoms with van der Waals surface area (Å²) >= 11 is 7.25. The Labute approximate surface area is 183 Å². The van der Waals surface area contributed by atoms with Gasteiger partial charge >= 0.3 is 0 Å². The van der Waals surface area contributed by atoms with Crippen molar-refractivity contribution >= 4 is 50.7 Å². The van der Waals surface area contributed by atoms with Crippen molar-refractivity contribution in [2.45, 2.75) is 9.79 Å². The van der Waals surface area contributed by atoms with Crippen LogP contribution >= 0.6 is 23.4 Å². The highest BCUT2D eigenvalue weighted by Gasteiger charge is 2.22. The molecule has 0 spiro atoms. The topological polar surface area (TPSA) is 66.5 Å². The first-order chi connectivity index (χ1) is 14.2. The first-order valence-electron chi connectivity index (χ1n) is 8.78. The lowest BCUT2D eigenvalue weighted by Gasteiger charge is -2.22. The second-order valence-electron chi connectivity index (χ2n) is 6.33. The van der Waals surface area contributed by atoms with Crippen LogP contribution in [0.15, 0.2) is 82.6 Å². The van der Waals surface area contributed by atoms with Gasteiger partial charge in [0.25, 0.3) is 0 Å². The van der Waals surface area contributed by atoms with Gasteiger partial charge in [0.15, 0.2) is 0 Å². The van der Waals surface area contributed by atoms with E-state index in [1.54, 1.807) is 12.1 Å². The number of rotatable bonds is 7. The van der Waals surface area contributed by atoms with Crippen molar-refractivity contribution < 1.29 is 17.6 Å². The number of anilines is 2. The smallest absolute Gasteiger partial charge is 0.245 e. The number of amides is 1. The summed E-state index contributed by atoms with van der Waals surface area (Å²) < 4.78 is 38.8. The van der Waals surface area contributed by atoms with E-state index in [1.807, 2.05) is 42.5 Å². The lowest BCUT2D eigenvalue weighted by atomic mass is 10.3. The van der Waals surface area contributed by atoms with Crippen molar-refractivity contribution in [2.24, 2.45) is 0 Å². The van der Waals surface area contributed by atoms with Crippen molar-refractivity contribution in [3.05, 3.63) is 83.6 Å². The number of nitrogens with zero attached hydrogens (tertiary/aromatic N) is 1. The number of para-hydroxylation sites is 1. The number of hydrogen-bond acceptors (Lipinski definition) is 4. The molecule has 0 radical (unpaired) electrons. The standard InChI is InChI=1S/C21H18ClFN2O3S2/c1-30(27,28)25(15-11-12-18(23)17(22)13-15)14-21(26)24-19-9-5-6-10-20(19)29-16-7-3-2-4-8-16/h2-13H,14H2,1H3,(H,24,26). The van der Waals surface area contributed by atoms with Gasteiger partial charge in [-0.1, -0.05) is 53.7 Å². The largest absolute Gasteiger partial charge is 0.323 e. The molecule has 0 fully saturated rings. The molecule has 1 N–H and O–H groups in total. The van der Waals surface area contributed by atoms with Gasteiger partial charge in [0.05, 0.1) is 22.7 Å². The predicted molar refractivity (Wildman–Crippen MR) is 119 cm³/mol. The second kappa shape index (κ2) is 9.51. The van der Waals surface area contributed by atoms with Crippen LogP contribution in [0.4, 0.5) is 15.8 Å². The zero-order chi connectivity index (χ0) is 21.7. The summed E-state index contributed by atoms with van der Waals surface area (Å²) in [5.41, 5.74) is 0.660. The zero-order valence-electron chi connectivity index (χ0n) is 15.9. The third-order valence-corrected chi connectivity index (χ3v) is 6.52. The molecule has 0 aromatic heterocycles. The molecular weight excluding hydrogens is 447 g/mol. The number of nitrogens with one attached hydrogen (secondary N) is 1. The summed E-state index contributed by atoms with van der Waals surface area (Å²) in [6.45, 7) is -0.481. The molecule has 3 rings (SSSR count). The molecule has 0 unspecified atom stereocenters. The molecule has 1 amide bonds. The van der Waals surface area contributed by atoms with E-state index >= 15 is 0 Å². The SMILES string of the molecule is CS(=O)(=O)N(CC(=O)Nc1ccccc1Sc1ccccc1)c1ccc(F)c(Cl)c1. The van der Waals surface area contributed by atoms with Crippen molar-refractivity contribution in [1.29, 1.82) is 0 Å². The highest BCUT2D eigenvalue weighted by molar-refractivity contribution is 7.99. The third kappa shape index (κ3) is 5.75. The predicted octanol–water partition coefficient (Wildman–Crippen LogP) is 5.04. The molecule has 3 aromatic rings. The molecule has 0 aliphatic heterocycles. The van der Waals surface area contributed by atoms with E-state index in [1.165, 1.54) is 23.9 Å². The van der Waals surface area contributed by atoms with Crippen LogP contribution in [0.3, 0.4) is 0 Å². The van der Waals surface area contributed by atoms with Crippen LogP contribution < -0.4 is 9.62 Å². The summed E-state index contributed by atoms with van der Waals surface area (Å²) in [5.74, 6) is -1.22. The zero-order valence-corrected chi connectivity index (χ0v) is 18.3. The van der Waals surface area contributed by atoms with E-state index in [0.29, 0.717) is 5.69 Å². The molecule has 0 heterocycles. The molecular formula is C21H18ClFN2O3S2. The van der Waals surface area contributed by atoms with Crippen LogP contribution in [0.25, 0.3) is 0 Å². The van der Waals surface area contributed by atoms with Crippen LogP contribution in [-0.4, -0.2) is 27.1 Å². The van der Waals surface area contributed by atoms with Crippen molar-refractivity contribution in [2.75, 3.05) is 22.4 Å². The van der Waals surface area contributed by atoms with Gasteiger partial charge in [-0.2, -0.15) is 0 Å². The number of halogens is 2. The fourth-order valence-corrected chi connectivity index (χ4v) is 4.58. The van der Waals surface area contributed by atoms with E-state index in [-0.39, 0.29) is 10.7 Å². The molecule has 0 saturated carbocycles. The first kappa shape index (κ1) is 22.1. The maximum Gasteiger partial charge on any atom is 0.245 e. The summed E-state index contributed by atoms with van der Waals surface area (Å²) in [7, 11) is -3.81. The van der Waals surface area contributed by atoms with E-state index in [2.05, 4.69) is 5.32 Å². The minimum absolute atomic E-state index is 0.103. The van der Waals surface area contributed by atoms with Crippen LogP contribution in [-0.2, 0) is 14.8 Å².